The van der Waals surface area contributed by atoms with Gasteiger partial charge in [0.25, 0.3) is 11.8 Å². The number of nitrogens with zero attached hydrogens (tertiary/aromatic N) is 1. The van der Waals surface area contributed by atoms with E-state index in [0.717, 1.165) is 18.1 Å². The zero-order chi connectivity index (χ0) is 25.0. The Labute approximate surface area is 202 Å². The third-order valence-electron chi connectivity index (χ3n) is 5.63. The van der Waals surface area contributed by atoms with Crippen molar-refractivity contribution in [1.29, 1.82) is 0 Å². The normalized spacial score (nSPS) is 12.3. The molecule has 0 aromatic heterocycles. The van der Waals surface area contributed by atoms with Gasteiger partial charge < -0.3 is 10.0 Å². The molecule has 0 saturated carbocycles. The Morgan fingerprint density at radius 1 is 0.971 bits per heavy atom. The molecule has 1 amide bonds. The fraction of sp³-hybridized carbons (Fsp3) is 0.259. The average Bonchev–Trinajstić information content (AvgIpc) is 2.80. The largest absolute Gasteiger partial charge is 0.387 e. The van der Waals surface area contributed by atoms with E-state index in [2.05, 4.69) is 0 Å². The quantitative estimate of drug-likeness (QED) is 0.442. The Morgan fingerprint density at radius 3 is 2.03 bits per heavy atom. The number of ketones is 1. The van der Waals surface area contributed by atoms with Gasteiger partial charge in [-0.3, -0.25) is 9.59 Å². The van der Waals surface area contributed by atoms with E-state index in [9.17, 15) is 23.5 Å². The van der Waals surface area contributed by atoms with Gasteiger partial charge in [-0.2, -0.15) is 8.78 Å². The molecule has 0 heterocycles. The van der Waals surface area contributed by atoms with Crippen LogP contribution < -0.4 is 4.90 Å². The van der Waals surface area contributed by atoms with Crippen LogP contribution in [-0.4, -0.2) is 29.9 Å². The van der Waals surface area contributed by atoms with E-state index in [4.69, 9.17) is 11.6 Å². The monoisotopic (exact) mass is 485 g/mol. The molecule has 0 bridgehead atoms. The zero-order valence-electron chi connectivity index (χ0n) is 19.2. The molecule has 0 aliphatic carbocycles. The number of alkyl halides is 2. The molecule has 0 fully saturated rings. The number of aryl methyl sites for hydroxylation is 1. The maximum Gasteiger partial charge on any atom is 0.298 e. The summed E-state index contributed by atoms with van der Waals surface area (Å²) >= 11 is 6.24. The summed E-state index contributed by atoms with van der Waals surface area (Å²) in [6, 6.07) is 17.6. The van der Waals surface area contributed by atoms with Gasteiger partial charge in [-0.25, -0.2) is 0 Å². The summed E-state index contributed by atoms with van der Waals surface area (Å²) in [6.07, 6.45) is -1.56. The molecule has 3 rings (SSSR count). The maximum absolute atomic E-state index is 13.9. The number of hydrogen-bond acceptors (Lipinski definition) is 3. The molecule has 178 valence electrons. The van der Waals surface area contributed by atoms with E-state index in [1.807, 2.05) is 19.1 Å². The van der Waals surface area contributed by atoms with Crippen molar-refractivity contribution in [1.82, 2.24) is 0 Å². The van der Waals surface area contributed by atoms with E-state index in [1.165, 1.54) is 29.2 Å². The van der Waals surface area contributed by atoms with Crippen LogP contribution >= 0.6 is 11.6 Å². The van der Waals surface area contributed by atoms with Gasteiger partial charge in [-0.15, -0.1) is 0 Å². The van der Waals surface area contributed by atoms with E-state index < -0.39 is 12.0 Å². The predicted octanol–water partition coefficient (Wildman–Crippen LogP) is 5.75. The molecule has 0 spiro atoms. The van der Waals surface area contributed by atoms with Crippen molar-refractivity contribution in [3.05, 3.63) is 99.6 Å². The minimum Gasteiger partial charge on any atom is -0.387 e. The van der Waals surface area contributed by atoms with Gasteiger partial charge in [-0.05, 0) is 54.8 Å². The van der Waals surface area contributed by atoms with Gasteiger partial charge in [0.15, 0.2) is 0 Å². The standard InChI is InChI=1S/C27H26ClF2NO3/c1-17-4-13-24(28)25(14-17)31(3)26(34)21-9-5-19(6-10-21)15-23(33)16-20-7-11-22(12-8-20)27(29,30)18(2)32/h4-14,18,32H,15-16H2,1-3H3. The molecular formula is C27H26ClF2NO3. The number of aliphatic hydroxyl groups is 1. The second kappa shape index (κ2) is 10.5. The molecule has 0 aliphatic heterocycles. The van der Waals surface area contributed by atoms with Gasteiger partial charge in [0, 0.05) is 31.0 Å². The lowest BCUT2D eigenvalue weighted by molar-refractivity contribution is -0.117. The highest BCUT2D eigenvalue weighted by Gasteiger charge is 2.37. The average molecular weight is 486 g/mol. The molecule has 4 nitrogen and oxygen atoms in total. The smallest absolute Gasteiger partial charge is 0.298 e. The fourth-order valence-corrected chi connectivity index (χ4v) is 3.80. The summed E-state index contributed by atoms with van der Waals surface area (Å²) in [4.78, 5) is 26.8. The lowest BCUT2D eigenvalue weighted by Gasteiger charge is -2.19. The van der Waals surface area contributed by atoms with Crippen LogP contribution in [0.1, 0.15) is 39.5 Å². The number of halogens is 3. The SMILES string of the molecule is Cc1ccc(Cl)c(N(C)C(=O)c2ccc(CC(=O)Cc3ccc(C(F)(F)C(C)O)cc3)cc2)c1. The summed E-state index contributed by atoms with van der Waals surface area (Å²) < 4.78 is 27.8. The van der Waals surface area contributed by atoms with Crippen LogP contribution in [0.25, 0.3) is 0 Å². The van der Waals surface area contributed by atoms with Crippen molar-refractivity contribution in [3.63, 3.8) is 0 Å². The van der Waals surface area contributed by atoms with Crippen LogP contribution in [-0.2, 0) is 23.6 Å². The molecular weight excluding hydrogens is 460 g/mol. The molecule has 0 saturated heterocycles. The number of aliphatic hydroxyl groups excluding tert-OH is 1. The van der Waals surface area contributed by atoms with Gasteiger partial charge in [0.1, 0.15) is 11.9 Å². The summed E-state index contributed by atoms with van der Waals surface area (Å²) in [7, 11) is 1.66. The molecule has 0 radical (unpaired) electrons. The first kappa shape index (κ1) is 25.5. The summed E-state index contributed by atoms with van der Waals surface area (Å²) in [5, 5.41) is 9.72. The highest BCUT2D eigenvalue weighted by atomic mass is 35.5. The Morgan fingerprint density at radius 2 is 1.50 bits per heavy atom. The van der Waals surface area contributed by atoms with Crippen molar-refractivity contribution in [2.45, 2.75) is 38.7 Å². The molecule has 7 heteroatoms. The summed E-state index contributed by atoms with van der Waals surface area (Å²) in [5.41, 5.74) is 3.12. The molecule has 3 aromatic rings. The van der Waals surface area contributed by atoms with Crippen molar-refractivity contribution in [2.75, 3.05) is 11.9 Å². The number of benzene rings is 3. The van der Waals surface area contributed by atoms with Gasteiger partial charge in [-0.1, -0.05) is 54.1 Å². The first-order valence-corrected chi connectivity index (χ1v) is 11.2. The van der Waals surface area contributed by atoms with Crippen molar-refractivity contribution in [3.8, 4) is 0 Å². The van der Waals surface area contributed by atoms with Crippen LogP contribution in [0.15, 0.2) is 66.7 Å². The molecule has 34 heavy (non-hydrogen) atoms. The van der Waals surface area contributed by atoms with Gasteiger partial charge in [0.2, 0.25) is 0 Å². The van der Waals surface area contributed by atoms with Crippen LogP contribution in [0.3, 0.4) is 0 Å². The van der Waals surface area contributed by atoms with Crippen LogP contribution in [0.5, 0.6) is 0 Å². The first-order valence-electron chi connectivity index (χ1n) is 10.8. The van der Waals surface area contributed by atoms with E-state index in [-0.39, 0.29) is 30.1 Å². The first-order chi connectivity index (χ1) is 16.0. The van der Waals surface area contributed by atoms with Crippen molar-refractivity contribution < 1.29 is 23.5 Å². The number of Topliss-reactive ketones (excluding diaryl/α,β-unsaturated/α-hetero) is 1. The molecule has 1 unspecified atom stereocenters. The molecule has 0 aliphatic rings. The number of anilines is 1. The topological polar surface area (TPSA) is 57.6 Å². The Hall–Kier alpha value is -3.09. The highest BCUT2D eigenvalue weighted by Crippen LogP contribution is 2.32. The van der Waals surface area contributed by atoms with Gasteiger partial charge >= 0.3 is 0 Å². The Balaban J connectivity index is 1.62. The number of amides is 1. The second-order valence-electron chi connectivity index (χ2n) is 8.40. The summed E-state index contributed by atoms with van der Waals surface area (Å²) in [5.74, 6) is -3.65. The lowest BCUT2D eigenvalue weighted by Crippen LogP contribution is -2.27. The molecule has 1 N–H and O–H groups in total. The van der Waals surface area contributed by atoms with Crippen LogP contribution in [0, 0.1) is 6.92 Å². The van der Waals surface area contributed by atoms with Crippen molar-refractivity contribution >= 4 is 29.0 Å². The lowest BCUT2D eigenvalue weighted by atomic mass is 9.98. The fourth-order valence-electron chi connectivity index (χ4n) is 3.55. The van der Waals surface area contributed by atoms with E-state index in [0.29, 0.717) is 21.8 Å². The Bertz CT molecular complexity index is 1180. The second-order valence-corrected chi connectivity index (χ2v) is 8.81. The minimum atomic E-state index is -3.35. The highest BCUT2D eigenvalue weighted by molar-refractivity contribution is 6.34. The third kappa shape index (κ3) is 5.88. The van der Waals surface area contributed by atoms with Gasteiger partial charge in [0.05, 0.1) is 10.7 Å². The third-order valence-corrected chi connectivity index (χ3v) is 5.95. The zero-order valence-corrected chi connectivity index (χ0v) is 19.9. The number of carbonyl (C=O) groups excluding carboxylic acids is 2. The minimum absolute atomic E-state index is 0.0854. The number of carbonyl (C=O) groups is 2. The van der Waals surface area contributed by atoms with E-state index >= 15 is 0 Å². The number of hydrogen-bond donors (Lipinski definition) is 1. The van der Waals surface area contributed by atoms with Crippen molar-refractivity contribution in [2.24, 2.45) is 0 Å². The van der Waals surface area contributed by atoms with Crippen LogP contribution in [0.4, 0.5) is 14.5 Å². The number of rotatable bonds is 8. The maximum atomic E-state index is 13.9. The molecule has 3 aromatic carbocycles. The Kier molecular flexibility index (Phi) is 7.85. The van der Waals surface area contributed by atoms with Crippen LogP contribution in [0.2, 0.25) is 5.02 Å². The predicted molar refractivity (Wildman–Crippen MR) is 130 cm³/mol. The van der Waals surface area contributed by atoms with E-state index in [1.54, 1.807) is 37.4 Å². The summed E-state index contributed by atoms with van der Waals surface area (Å²) in [6.45, 7) is 2.95. The molecule has 1 atom stereocenters.